The average Bonchev–Trinajstić information content (AvgIpc) is 2.69. The maximum Gasteiger partial charge on any atom is 0.226 e. The Bertz CT molecular complexity index is 841. The third-order valence-corrected chi connectivity index (χ3v) is 5.05. The second-order valence-corrected chi connectivity index (χ2v) is 6.91. The van der Waals surface area contributed by atoms with Gasteiger partial charge in [0.05, 0.1) is 0 Å². The summed E-state index contributed by atoms with van der Waals surface area (Å²) in [6.07, 6.45) is 6.66. The molecule has 3 nitrogen and oxygen atoms in total. The van der Waals surface area contributed by atoms with Crippen molar-refractivity contribution in [2.24, 2.45) is 0 Å². The molecule has 0 saturated heterocycles. The number of nitrogens with zero attached hydrogens (tertiary/aromatic N) is 3. The maximum atomic E-state index is 6.14. The van der Waals surface area contributed by atoms with E-state index in [1.54, 1.807) is 0 Å². The molecule has 25 heavy (non-hydrogen) atoms. The van der Waals surface area contributed by atoms with Gasteiger partial charge in [0.25, 0.3) is 0 Å². The van der Waals surface area contributed by atoms with Crippen molar-refractivity contribution >= 4 is 11.6 Å². The molecule has 3 aromatic rings. The topological polar surface area (TPSA) is 38.7 Å². The number of hydrogen-bond donors (Lipinski definition) is 0. The zero-order valence-corrected chi connectivity index (χ0v) is 14.8. The van der Waals surface area contributed by atoms with Crippen LogP contribution in [0.2, 0.25) is 5.28 Å². The van der Waals surface area contributed by atoms with E-state index in [1.807, 2.05) is 30.3 Å². The number of hydrogen-bond acceptors (Lipinski definition) is 3. The van der Waals surface area contributed by atoms with Crippen molar-refractivity contribution < 1.29 is 0 Å². The molecule has 1 aliphatic rings. The van der Waals surface area contributed by atoms with Gasteiger partial charge in [0, 0.05) is 11.1 Å². The first-order valence-electron chi connectivity index (χ1n) is 8.87. The average molecular weight is 350 g/mol. The van der Waals surface area contributed by atoms with Crippen molar-refractivity contribution in [3.8, 4) is 22.8 Å². The van der Waals surface area contributed by atoms with Crippen LogP contribution >= 0.6 is 11.6 Å². The molecule has 0 atom stereocenters. The fourth-order valence-corrected chi connectivity index (χ4v) is 3.70. The van der Waals surface area contributed by atoms with Crippen LogP contribution in [0.4, 0.5) is 0 Å². The van der Waals surface area contributed by atoms with Crippen molar-refractivity contribution in [2.75, 3.05) is 0 Å². The van der Waals surface area contributed by atoms with Crippen molar-refractivity contribution in [2.45, 2.75) is 38.0 Å². The van der Waals surface area contributed by atoms with Gasteiger partial charge in [0.2, 0.25) is 5.28 Å². The first-order valence-corrected chi connectivity index (χ1v) is 9.25. The summed E-state index contributed by atoms with van der Waals surface area (Å²) in [6.45, 7) is 0. The zero-order chi connectivity index (χ0) is 17.1. The molecule has 4 rings (SSSR count). The summed E-state index contributed by atoms with van der Waals surface area (Å²) in [5, 5.41) is 0.222. The van der Waals surface area contributed by atoms with E-state index in [9.17, 15) is 0 Å². The van der Waals surface area contributed by atoms with Crippen LogP contribution in [0.15, 0.2) is 54.6 Å². The Hall–Kier alpha value is -2.26. The van der Waals surface area contributed by atoms with E-state index in [2.05, 4.69) is 39.2 Å². The second-order valence-electron chi connectivity index (χ2n) is 6.57. The maximum absolute atomic E-state index is 6.14. The molecule has 0 N–H and O–H groups in total. The summed E-state index contributed by atoms with van der Waals surface area (Å²) in [5.74, 6) is 1.92. The van der Waals surface area contributed by atoms with Gasteiger partial charge in [-0.25, -0.2) is 4.98 Å². The first kappa shape index (κ1) is 16.2. The molecule has 4 heteroatoms. The summed E-state index contributed by atoms with van der Waals surface area (Å²) >= 11 is 6.14. The van der Waals surface area contributed by atoms with Crippen molar-refractivity contribution in [1.29, 1.82) is 0 Å². The minimum Gasteiger partial charge on any atom is -0.208 e. The second kappa shape index (κ2) is 7.32. The molecular weight excluding hydrogens is 330 g/mol. The molecule has 1 aliphatic carbocycles. The Labute approximate surface area is 153 Å². The lowest BCUT2D eigenvalue weighted by atomic mass is 9.84. The molecule has 1 heterocycles. The molecule has 1 saturated carbocycles. The van der Waals surface area contributed by atoms with Crippen molar-refractivity contribution in [3.63, 3.8) is 0 Å². The first-order chi connectivity index (χ1) is 12.3. The Morgan fingerprint density at radius 2 is 1.28 bits per heavy atom. The number of rotatable bonds is 3. The minimum atomic E-state index is 0.222. The minimum absolute atomic E-state index is 0.222. The number of halogens is 1. The van der Waals surface area contributed by atoms with E-state index in [4.69, 9.17) is 11.6 Å². The number of benzene rings is 2. The Kier molecular flexibility index (Phi) is 4.75. The van der Waals surface area contributed by atoms with Gasteiger partial charge in [-0.3, -0.25) is 0 Å². The van der Waals surface area contributed by atoms with Crippen molar-refractivity contribution in [3.05, 3.63) is 65.4 Å². The van der Waals surface area contributed by atoms with Crippen LogP contribution in [0, 0.1) is 0 Å². The van der Waals surface area contributed by atoms with E-state index >= 15 is 0 Å². The Morgan fingerprint density at radius 3 is 1.92 bits per heavy atom. The van der Waals surface area contributed by atoms with Crippen LogP contribution in [0.25, 0.3) is 22.8 Å². The lowest BCUT2D eigenvalue weighted by molar-refractivity contribution is 0.443. The normalized spacial score (nSPS) is 15.2. The van der Waals surface area contributed by atoms with Crippen molar-refractivity contribution in [1.82, 2.24) is 15.0 Å². The zero-order valence-electron chi connectivity index (χ0n) is 14.0. The molecule has 1 fully saturated rings. The van der Waals surface area contributed by atoms with Gasteiger partial charge in [-0.1, -0.05) is 73.9 Å². The molecule has 2 aromatic carbocycles. The smallest absolute Gasteiger partial charge is 0.208 e. The van der Waals surface area contributed by atoms with E-state index in [0.717, 1.165) is 11.1 Å². The highest BCUT2D eigenvalue weighted by atomic mass is 35.5. The molecular formula is C21H20ClN3. The molecule has 126 valence electrons. The van der Waals surface area contributed by atoms with E-state index in [0.29, 0.717) is 17.6 Å². The predicted octanol–water partition coefficient (Wildman–Crippen LogP) is 5.91. The molecule has 0 spiro atoms. The van der Waals surface area contributed by atoms with E-state index < -0.39 is 0 Å². The SMILES string of the molecule is Clc1nc(-c2ccccc2)nc(-c2ccc(C3CCCCC3)cc2)n1. The lowest BCUT2D eigenvalue weighted by Gasteiger charge is -2.22. The molecule has 0 unspecified atom stereocenters. The van der Waals surface area contributed by atoms with Gasteiger partial charge in [0.15, 0.2) is 11.6 Å². The highest BCUT2D eigenvalue weighted by Gasteiger charge is 2.16. The van der Waals surface area contributed by atoms with Gasteiger partial charge in [-0.05, 0) is 35.9 Å². The molecule has 0 radical (unpaired) electrons. The molecule has 0 amide bonds. The summed E-state index contributed by atoms with van der Waals surface area (Å²) in [4.78, 5) is 13.2. The lowest BCUT2D eigenvalue weighted by Crippen LogP contribution is -2.04. The monoisotopic (exact) mass is 349 g/mol. The van der Waals surface area contributed by atoms with Gasteiger partial charge in [-0.15, -0.1) is 0 Å². The van der Waals surface area contributed by atoms with Gasteiger partial charge in [-0.2, -0.15) is 9.97 Å². The van der Waals surface area contributed by atoms with Crippen LogP contribution < -0.4 is 0 Å². The van der Waals surface area contributed by atoms with Crippen LogP contribution in [0.5, 0.6) is 0 Å². The van der Waals surface area contributed by atoms with Gasteiger partial charge in [0.1, 0.15) is 0 Å². The fourth-order valence-electron chi connectivity index (χ4n) is 3.54. The van der Waals surface area contributed by atoms with Gasteiger partial charge >= 0.3 is 0 Å². The third kappa shape index (κ3) is 3.72. The van der Waals surface area contributed by atoms with Crippen LogP contribution in [-0.4, -0.2) is 15.0 Å². The Balaban J connectivity index is 1.64. The molecule has 0 bridgehead atoms. The van der Waals surface area contributed by atoms with Gasteiger partial charge < -0.3 is 0 Å². The molecule has 0 aliphatic heterocycles. The number of aromatic nitrogens is 3. The van der Waals surface area contributed by atoms with E-state index in [-0.39, 0.29) is 5.28 Å². The summed E-state index contributed by atoms with van der Waals surface area (Å²) < 4.78 is 0. The molecule has 1 aromatic heterocycles. The summed E-state index contributed by atoms with van der Waals surface area (Å²) in [6, 6.07) is 18.5. The highest BCUT2D eigenvalue weighted by Crippen LogP contribution is 2.33. The standard InChI is InChI=1S/C21H20ClN3/c22-21-24-19(17-9-5-2-6-10-17)23-20(25-21)18-13-11-16(12-14-18)15-7-3-1-4-8-15/h2,5-6,9-15H,1,3-4,7-8H2. The highest BCUT2D eigenvalue weighted by molar-refractivity contribution is 6.28. The summed E-state index contributed by atoms with van der Waals surface area (Å²) in [7, 11) is 0. The third-order valence-electron chi connectivity index (χ3n) is 4.89. The Morgan fingerprint density at radius 1 is 0.680 bits per heavy atom. The quantitative estimate of drug-likeness (QED) is 0.590. The van der Waals surface area contributed by atoms with E-state index in [1.165, 1.54) is 37.7 Å². The van der Waals surface area contributed by atoms with Crippen LogP contribution in [0.3, 0.4) is 0 Å². The predicted molar refractivity (Wildman–Crippen MR) is 102 cm³/mol. The fraction of sp³-hybridized carbons (Fsp3) is 0.286. The summed E-state index contributed by atoms with van der Waals surface area (Å²) in [5.41, 5.74) is 3.33. The van der Waals surface area contributed by atoms with Crippen LogP contribution in [-0.2, 0) is 0 Å². The largest absolute Gasteiger partial charge is 0.226 e. The van der Waals surface area contributed by atoms with Crippen LogP contribution in [0.1, 0.15) is 43.6 Å².